The van der Waals surface area contributed by atoms with Crippen LogP contribution in [-0.4, -0.2) is 105 Å². The Kier molecular flexibility index (Phi) is 34.8. The molecule has 0 aliphatic carbocycles. The van der Waals surface area contributed by atoms with Crippen LogP contribution in [-0.2, 0) is 19.2 Å². The van der Waals surface area contributed by atoms with Gasteiger partial charge in [-0.25, -0.2) is 0 Å². The van der Waals surface area contributed by atoms with Gasteiger partial charge in [-0.2, -0.15) is 0 Å². The number of carboxylic acid groups (broad SMARTS) is 4. The molecule has 0 saturated heterocycles. The molecule has 0 unspecified atom stereocenters. The normalized spacial score (nSPS) is 9.23. The zero-order valence-electron chi connectivity index (χ0n) is 18.1. The van der Waals surface area contributed by atoms with E-state index in [4.69, 9.17) is 42.1 Å². The van der Waals surface area contributed by atoms with Crippen molar-refractivity contribution < 1.29 is 49.8 Å². The fraction of sp³-hybridized carbons (Fsp3) is 0.778. The Bertz CT molecular complexity index is 386. The Hall–Kier alpha value is -2.32. The van der Waals surface area contributed by atoms with E-state index in [0.717, 1.165) is 19.4 Å². The van der Waals surface area contributed by atoms with E-state index in [1.54, 1.807) is 0 Å². The third-order valence-corrected chi connectivity index (χ3v) is 2.93. The molecule has 186 valence electrons. The van der Waals surface area contributed by atoms with Crippen LogP contribution in [0.25, 0.3) is 0 Å². The number of hydrogen-bond acceptors (Lipinski definition) is 9. The molecule has 0 spiro atoms. The summed E-state index contributed by atoms with van der Waals surface area (Å²) in [6.07, 6.45) is 1.11. The molecule has 0 aromatic carbocycles. The molecule has 0 aliphatic rings. The molecule has 0 fully saturated rings. The molecule has 0 aliphatic heterocycles. The molecule has 10 N–H and O–H groups in total. The fourth-order valence-electron chi connectivity index (χ4n) is 1.43. The van der Waals surface area contributed by atoms with Crippen LogP contribution in [0.4, 0.5) is 0 Å². The number of nitrogens with zero attached hydrogens (tertiary/aromatic N) is 1. The molecule has 0 radical (unpaired) electrons. The monoisotopic (exact) mass is 457 g/mol. The van der Waals surface area contributed by atoms with Gasteiger partial charge in [-0.15, -0.1) is 0 Å². The highest BCUT2D eigenvalue weighted by molar-refractivity contribution is 5.75. The summed E-state index contributed by atoms with van der Waals surface area (Å²) in [4.78, 5) is 40.6. The minimum Gasteiger partial charge on any atom is -0.481 e. The highest BCUT2D eigenvalue weighted by atomic mass is 16.4. The van der Waals surface area contributed by atoms with Crippen LogP contribution >= 0.6 is 0 Å². The van der Waals surface area contributed by atoms with Crippen molar-refractivity contribution in [3.63, 3.8) is 0 Å². The summed E-state index contributed by atoms with van der Waals surface area (Å²) < 4.78 is 0. The van der Waals surface area contributed by atoms with Crippen LogP contribution in [0.1, 0.15) is 45.4 Å². The van der Waals surface area contributed by atoms with Crippen molar-refractivity contribution in [1.29, 1.82) is 0 Å². The maximum Gasteiger partial charge on any atom is 0.303 e. The van der Waals surface area contributed by atoms with Gasteiger partial charge in [-0.3, -0.25) is 24.1 Å². The van der Waals surface area contributed by atoms with E-state index >= 15 is 0 Å². The molecule has 0 aromatic heterocycles. The minimum atomic E-state index is -1.08. The molecule has 0 saturated carbocycles. The first kappa shape index (κ1) is 36.1. The highest BCUT2D eigenvalue weighted by Gasteiger charge is 2.01. The quantitative estimate of drug-likeness (QED) is 0.154. The molecule has 0 atom stereocenters. The molecule has 0 aromatic rings. The topological polar surface area (TPSA) is 245 Å². The third-order valence-electron chi connectivity index (χ3n) is 2.93. The molecule has 13 nitrogen and oxygen atoms in total. The molecule has 13 heteroatoms. The number of carbonyl (C=O) groups is 4. The SMILES string of the molecule is CCCCN(CCO)CCO.NCCN.O=C(O)CCC(=O)O.O=C(O)CCC(=O)O. The minimum absolute atomic E-state index is 0.184. The van der Waals surface area contributed by atoms with E-state index in [1.165, 1.54) is 0 Å². The van der Waals surface area contributed by atoms with Gasteiger partial charge in [-0.05, 0) is 13.0 Å². The number of rotatable bonds is 14. The second-order valence-corrected chi connectivity index (χ2v) is 5.79. The van der Waals surface area contributed by atoms with Crippen LogP contribution in [0.15, 0.2) is 0 Å². The van der Waals surface area contributed by atoms with Gasteiger partial charge >= 0.3 is 23.9 Å². The Morgan fingerprint density at radius 1 is 0.645 bits per heavy atom. The highest BCUT2D eigenvalue weighted by Crippen LogP contribution is 1.93. The summed E-state index contributed by atoms with van der Waals surface area (Å²) >= 11 is 0. The Labute approximate surface area is 182 Å². The zero-order valence-corrected chi connectivity index (χ0v) is 18.1. The lowest BCUT2D eigenvalue weighted by atomic mass is 10.3. The molecule has 0 amide bonds. The second kappa shape index (κ2) is 29.9. The molecular weight excluding hydrogens is 418 g/mol. The van der Waals surface area contributed by atoms with Crippen molar-refractivity contribution in [2.45, 2.75) is 45.4 Å². The van der Waals surface area contributed by atoms with Crippen LogP contribution in [0.3, 0.4) is 0 Å². The Morgan fingerprint density at radius 2 is 0.935 bits per heavy atom. The van der Waals surface area contributed by atoms with Gasteiger partial charge in [0.25, 0.3) is 0 Å². The molecule has 31 heavy (non-hydrogen) atoms. The summed E-state index contributed by atoms with van der Waals surface area (Å²) in [5.41, 5.74) is 9.81. The number of unbranched alkanes of at least 4 members (excludes halogenated alkanes) is 1. The summed E-state index contributed by atoms with van der Waals surface area (Å²) in [5.74, 6) is -4.31. The Balaban J connectivity index is -0.000000165. The van der Waals surface area contributed by atoms with Gasteiger partial charge in [-0.1, -0.05) is 13.3 Å². The smallest absolute Gasteiger partial charge is 0.303 e. The Morgan fingerprint density at radius 3 is 1.10 bits per heavy atom. The van der Waals surface area contributed by atoms with Crippen molar-refractivity contribution in [1.82, 2.24) is 4.90 Å². The van der Waals surface area contributed by atoms with E-state index in [9.17, 15) is 19.2 Å². The van der Waals surface area contributed by atoms with Gasteiger partial charge in [0.05, 0.1) is 38.9 Å². The third kappa shape index (κ3) is 52.3. The first-order valence-electron chi connectivity index (χ1n) is 9.73. The summed E-state index contributed by atoms with van der Waals surface area (Å²) in [7, 11) is 0. The average molecular weight is 458 g/mol. The largest absolute Gasteiger partial charge is 0.481 e. The van der Waals surface area contributed by atoms with Gasteiger partial charge < -0.3 is 42.1 Å². The zero-order chi connectivity index (χ0) is 25.1. The first-order valence-corrected chi connectivity index (χ1v) is 9.73. The number of carboxylic acids is 4. The van der Waals surface area contributed by atoms with Gasteiger partial charge in [0.15, 0.2) is 0 Å². The predicted octanol–water partition coefficient (Wildman–Crippen LogP) is -1.15. The van der Waals surface area contributed by atoms with Gasteiger partial charge in [0, 0.05) is 26.2 Å². The van der Waals surface area contributed by atoms with E-state index < -0.39 is 23.9 Å². The van der Waals surface area contributed by atoms with Crippen molar-refractivity contribution in [2.24, 2.45) is 11.5 Å². The van der Waals surface area contributed by atoms with Crippen molar-refractivity contribution in [3.8, 4) is 0 Å². The maximum atomic E-state index is 9.64. The first-order chi connectivity index (χ1) is 14.5. The van der Waals surface area contributed by atoms with Gasteiger partial charge in [0.2, 0.25) is 0 Å². The predicted molar refractivity (Wildman–Crippen MR) is 113 cm³/mol. The molecular formula is C18H39N3O10. The van der Waals surface area contributed by atoms with Crippen LogP contribution in [0.2, 0.25) is 0 Å². The van der Waals surface area contributed by atoms with E-state index in [-0.39, 0.29) is 38.9 Å². The van der Waals surface area contributed by atoms with Crippen LogP contribution in [0.5, 0.6) is 0 Å². The molecule has 0 heterocycles. The van der Waals surface area contributed by atoms with Crippen molar-refractivity contribution >= 4 is 23.9 Å². The lowest BCUT2D eigenvalue weighted by molar-refractivity contribution is -0.143. The van der Waals surface area contributed by atoms with Crippen LogP contribution in [0, 0.1) is 0 Å². The number of aliphatic carboxylic acids is 4. The molecule has 0 bridgehead atoms. The van der Waals surface area contributed by atoms with E-state index in [0.29, 0.717) is 26.2 Å². The number of aliphatic hydroxyl groups excluding tert-OH is 2. The second-order valence-electron chi connectivity index (χ2n) is 5.79. The summed E-state index contributed by atoms with van der Waals surface area (Å²) in [6.45, 7) is 6.04. The van der Waals surface area contributed by atoms with Crippen LogP contribution < -0.4 is 11.5 Å². The van der Waals surface area contributed by atoms with E-state index in [1.807, 2.05) is 0 Å². The lowest BCUT2D eigenvalue weighted by Crippen LogP contribution is -2.30. The summed E-state index contributed by atoms with van der Waals surface area (Å²) in [6, 6.07) is 0. The maximum absolute atomic E-state index is 9.64. The number of hydrogen-bond donors (Lipinski definition) is 8. The standard InChI is InChI=1S/C8H19NO2.2C4H6O4.C2H8N2/c1-2-3-4-9(5-7-10)6-8-11;2*5-3(6)1-2-4(7)8;3-1-2-4/h10-11H,2-8H2,1H3;2*1-2H2,(H,5,6)(H,7,8);1-4H2. The van der Waals surface area contributed by atoms with E-state index in [2.05, 4.69) is 11.8 Å². The average Bonchev–Trinajstić information content (AvgIpc) is 2.70. The number of aliphatic hydroxyl groups is 2. The number of nitrogens with two attached hydrogens (primary N) is 2. The van der Waals surface area contributed by atoms with Crippen molar-refractivity contribution in [3.05, 3.63) is 0 Å². The molecule has 0 rings (SSSR count). The van der Waals surface area contributed by atoms with Crippen molar-refractivity contribution in [2.75, 3.05) is 45.9 Å². The lowest BCUT2D eigenvalue weighted by Gasteiger charge is -2.19. The fourth-order valence-corrected chi connectivity index (χ4v) is 1.43. The summed E-state index contributed by atoms with van der Waals surface area (Å²) in [5, 5.41) is 48.9. The van der Waals surface area contributed by atoms with Gasteiger partial charge in [0.1, 0.15) is 0 Å².